The van der Waals surface area contributed by atoms with Crippen molar-refractivity contribution in [3.05, 3.63) is 34.3 Å². The molecule has 130 valence electrons. The van der Waals surface area contributed by atoms with Crippen LogP contribution in [0.3, 0.4) is 0 Å². The minimum Gasteiger partial charge on any atom is -0.396 e. The Morgan fingerprint density at radius 3 is 2.39 bits per heavy atom. The molecule has 0 unspecified atom stereocenters. The fourth-order valence-electron chi connectivity index (χ4n) is 3.16. The fourth-order valence-corrected chi connectivity index (χ4v) is 3.43. The van der Waals surface area contributed by atoms with Crippen molar-refractivity contribution >= 4 is 11.6 Å². The number of alkyl halides is 3. The molecule has 0 aliphatic carbocycles. The molecule has 1 atom stereocenters. The van der Waals surface area contributed by atoms with Gasteiger partial charge in [-0.15, -0.1) is 0 Å². The maximum absolute atomic E-state index is 13.5. The highest BCUT2D eigenvalue weighted by Crippen LogP contribution is 2.46. The quantitative estimate of drug-likeness (QED) is 0.874. The summed E-state index contributed by atoms with van der Waals surface area (Å²) >= 11 is 6.19. The van der Waals surface area contributed by atoms with Crippen LogP contribution in [0.2, 0.25) is 5.02 Å². The second kappa shape index (κ2) is 6.97. The van der Waals surface area contributed by atoms with Gasteiger partial charge in [0.15, 0.2) is 0 Å². The molecule has 0 aromatic heterocycles. The van der Waals surface area contributed by atoms with Crippen molar-refractivity contribution in [2.24, 2.45) is 5.41 Å². The fraction of sp³-hybridized carbons (Fsp3) is 0.625. The summed E-state index contributed by atoms with van der Waals surface area (Å²) in [5.74, 6) is 0. The second-order valence-corrected chi connectivity index (χ2v) is 6.94. The predicted molar refractivity (Wildman–Crippen MR) is 84.5 cm³/mol. The molecule has 3 nitrogen and oxygen atoms in total. The smallest absolute Gasteiger partial charge is 0.396 e. The highest BCUT2D eigenvalue weighted by Gasteiger charge is 2.43. The summed E-state index contributed by atoms with van der Waals surface area (Å²) in [4.78, 5) is 1.98. The summed E-state index contributed by atoms with van der Waals surface area (Å²) in [6, 6.07) is 3.24. The molecular formula is C16H22ClF3N2O. The molecule has 23 heavy (non-hydrogen) atoms. The van der Waals surface area contributed by atoms with E-state index in [4.69, 9.17) is 11.6 Å². The van der Waals surface area contributed by atoms with Crippen molar-refractivity contribution < 1.29 is 18.3 Å². The van der Waals surface area contributed by atoms with Gasteiger partial charge in [-0.25, -0.2) is 0 Å². The molecule has 0 radical (unpaired) electrons. The standard InChI is InChI=1S/C16H22ClF3N2O/c1-15(2,10-23)14(22-8-6-21-7-9-22)13-11(16(18,19)20)4-3-5-12(13)17/h3-5,14,21,23H,6-10H2,1-2H3/t14-/m1/s1. The average Bonchev–Trinajstić information content (AvgIpc) is 2.49. The van der Waals surface area contributed by atoms with Crippen molar-refractivity contribution in [3.8, 4) is 0 Å². The highest BCUT2D eigenvalue weighted by molar-refractivity contribution is 6.31. The van der Waals surface area contributed by atoms with Gasteiger partial charge in [-0.1, -0.05) is 31.5 Å². The number of aliphatic hydroxyl groups excluding tert-OH is 1. The van der Waals surface area contributed by atoms with Crippen molar-refractivity contribution in [2.45, 2.75) is 26.1 Å². The summed E-state index contributed by atoms with van der Waals surface area (Å²) in [6.07, 6.45) is -4.49. The molecule has 1 saturated heterocycles. The summed E-state index contributed by atoms with van der Waals surface area (Å²) in [5, 5.41) is 13.1. The van der Waals surface area contributed by atoms with E-state index in [1.54, 1.807) is 13.8 Å². The second-order valence-electron chi connectivity index (χ2n) is 6.53. The third kappa shape index (κ3) is 3.99. The number of nitrogens with one attached hydrogen (secondary N) is 1. The van der Waals surface area contributed by atoms with E-state index in [1.807, 2.05) is 4.90 Å². The van der Waals surface area contributed by atoms with Gasteiger partial charge in [-0.2, -0.15) is 13.2 Å². The Hall–Kier alpha value is -0.820. The molecule has 1 fully saturated rings. The van der Waals surface area contributed by atoms with Crippen LogP contribution in [-0.2, 0) is 6.18 Å². The van der Waals surface area contributed by atoms with E-state index >= 15 is 0 Å². The van der Waals surface area contributed by atoms with Crippen molar-refractivity contribution in [1.82, 2.24) is 10.2 Å². The van der Waals surface area contributed by atoms with Crippen molar-refractivity contribution in [3.63, 3.8) is 0 Å². The number of halogens is 4. The lowest BCUT2D eigenvalue weighted by atomic mass is 9.78. The SMILES string of the molecule is CC(C)(CO)[C@@H](c1c(Cl)cccc1C(F)(F)F)N1CCNCC1. The minimum atomic E-state index is -4.49. The van der Waals surface area contributed by atoms with Crippen LogP contribution in [0.15, 0.2) is 18.2 Å². The van der Waals surface area contributed by atoms with Gasteiger partial charge >= 0.3 is 6.18 Å². The van der Waals surface area contributed by atoms with Crippen LogP contribution in [0.1, 0.15) is 31.0 Å². The molecule has 1 aromatic rings. The van der Waals surface area contributed by atoms with E-state index in [1.165, 1.54) is 12.1 Å². The zero-order valence-corrected chi connectivity index (χ0v) is 14.0. The maximum Gasteiger partial charge on any atom is 0.416 e. The molecule has 0 bridgehead atoms. The van der Waals surface area contributed by atoms with Gasteiger partial charge in [-0.05, 0) is 12.1 Å². The van der Waals surface area contributed by atoms with E-state index in [2.05, 4.69) is 5.32 Å². The van der Waals surface area contributed by atoms with E-state index < -0.39 is 23.2 Å². The molecule has 0 amide bonds. The van der Waals surface area contributed by atoms with Gasteiger partial charge in [0.25, 0.3) is 0 Å². The van der Waals surface area contributed by atoms with Gasteiger partial charge in [0.1, 0.15) is 0 Å². The first kappa shape index (κ1) is 18.5. The molecule has 2 N–H and O–H groups in total. The molecule has 0 saturated carbocycles. The van der Waals surface area contributed by atoms with Crippen LogP contribution in [0.4, 0.5) is 13.2 Å². The number of rotatable bonds is 4. The molecule has 1 aromatic carbocycles. The Morgan fingerprint density at radius 2 is 1.87 bits per heavy atom. The minimum absolute atomic E-state index is 0.0580. The lowest BCUT2D eigenvalue weighted by molar-refractivity contribution is -0.139. The summed E-state index contributed by atoms with van der Waals surface area (Å²) in [7, 11) is 0. The topological polar surface area (TPSA) is 35.5 Å². The maximum atomic E-state index is 13.5. The molecule has 2 rings (SSSR count). The van der Waals surface area contributed by atoms with Crippen LogP contribution in [0, 0.1) is 5.41 Å². The monoisotopic (exact) mass is 350 g/mol. The third-order valence-corrected chi connectivity index (χ3v) is 4.63. The summed E-state index contributed by atoms with van der Waals surface area (Å²) in [6.45, 7) is 5.91. The van der Waals surface area contributed by atoms with Crippen molar-refractivity contribution in [1.29, 1.82) is 0 Å². The Morgan fingerprint density at radius 1 is 1.26 bits per heavy atom. The van der Waals surface area contributed by atoms with Gasteiger partial charge in [0.05, 0.1) is 5.56 Å². The number of aliphatic hydroxyl groups is 1. The van der Waals surface area contributed by atoms with Crippen LogP contribution >= 0.6 is 11.6 Å². The van der Waals surface area contributed by atoms with Gasteiger partial charge < -0.3 is 10.4 Å². The van der Waals surface area contributed by atoms with Gasteiger partial charge in [0, 0.05) is 54.8 Å². The van der Waals surface area contributed by atoms with Gasteiger partial charge in [-0.3, -0.25) is 4.90 Å². The summed E-state index contributed by atoms with van der Waals surface area (Å²) in [5.41, 5.74) is -1.43. The molecule has 1 heterocycles. The van der Waals surface area contributed by atoms with E-state index in [0.29, 0.717) is 26.2 Å². The number of hydrogen-bond acceptors (Lipinski definition) is 3. The first-order chi connectivity index (χ1) is 10.7. The lowest BCUT2D eigenvalue weighted by Gasteiger charge is -2.44. The largest absolute Gasteiger partial charge is 0.416 e. The highest BCUT2D eigenvalue weighted by atomic mass is 35.5. The summed E-state index contributed by atoms with van der Waals surface area (Å²) < 4.78 is 40.5. The van der Waals surface area contributed by atoms with Crippen LogP contribution in [0.25, 0.3) is 0 Å². The average molecular weight is 351 g/mol. The Labute approximate surface area is 139 Å². The van der Waals surface area contributed by atoms with Crippen LogP contribution < -0.4 is 5.32 Å². The van der Waals surface area contributed by atoms with E-state index in [9.17, 15) is 18.3 Å². The Bertz CT molecular complexity index is 543. The number of benzene rings is 1. The van der Waals surface area contributed by atoms with Crippen LogP contribution in [0.5, 0.6) is 0 Å². The number of piperazine rings is 1. The molecule has 1 aliphatic rings. The molecular weight excluding hydrogens is 329 g/mol. The number of nitrogens with zero attached hydrogens (tertiary/aromatic N) is 1. The zero-order valence-electron chi connectivity index (χ0n) is 13.3. The van der Waals surface area contributed by atoms with Crippen molar-refractivity contribution in [2.75, 3.05) is 32.8 Å². The normalized spacial score (nSPS) is 18.9. The molecule has 1 aliphatic heterocycles. The Balaban J connectivity index is 2.60. The predicted octanol–water partition coefficient (Wildman–Crippen LogP) is 3.32. The molecule has 7 heteroatoms. The zero-order chi connectivity index (χ0) is 17.3. The van der Waals surface area contributed by atoms with Crippen LogP contribution in [-0.4, -0.2) is 42.8 Å². The first-order valence-corrected chi connectivity index (χ1v) is 7.97. The Kier molecular flexibility index (Phi) is 5.61. The van der Waals surface area contributed by atoms with E-state index in [0.717, 1.165) is 6.07 Å². The lowest BCUT2D eigenvalue weighted by Crippen LogP contribution is -2.50. The van der Waals surface area contributed by atoms with Gasteiger partial charge in [0.2, 0.25) is 0 Å². The number of hydrogen-bond donors (Lipinski definition) is 2. The first-order valence-electron chi connectivity index (χ1n) is 7.59. The molecule has 0 spiro atoms. The third-order valence-electron chi connectivity index (χ3n) is 4.30. The van der Waals surface area contributed by atoms with E-state index in [-0.39, 0.29) is 17.2 Å².